The number of hydrogen-bond acceptors (Lipinski definition) is 3. The highest BCUT2D eigenvalue weighted by Crippen LogP contribution is 2.45. The molecular weight excluding hydrogens is 482 g/mol. The highest BCUT2D eigenvalue weighted by atomic mass is 32.1. The Morgan fingerprint density at radius 1 is 0.579 bits per heavy atom. The summed E-state index contributed by atoms with van der Waals surface area (Å²) in [6.45, 7) is 2.17. The topological polar surface area (TPSA) is 16.4 Å². The summed E-state index contributed by atoms with van der Waals surface area (Å²) in [5.41, 5.74) is 6.33. The smallest absolute Gasteiger partial charge is 0.159 e. The summed E-state index contributed by atoms with van der Waals surface area (Å²) in [4.78, 5) is 2.35. The van der Waals surface area contributed by atoms with E-state index in [0.717, 1.165) is 39.0 Å². The van der Waals surface area contributed by atoms with Crippen molar-refractivity contribution in [2.75, 3.05) is 4.90 Å². The molecule has 0 N–H and O–H groups in total. The summed E-state index contributed by atoms with van der Waals surface area (Å²) < 4.78 is 9.09. The fourth-order valence-electron chi connectivity index (χ4n) is 5.80. The molecule has 2 aromatic heterocycles. The Balaban J connectivity index is 1.42. The molecule has 6 aromatic carbocycles. The van der Waals surface area contributed by atoms with Gasteiger partial charge >= 0.3 is 0 Å². The monoisotopic (exact) mass is 505 g/mol. The lowest BCUT2D eigenvalue weighted by atomic mass is 10.0. The highest BCUT2D eigenvalue weighted by molar-refractivity contribution is 7.26. The summed E-state index contributed by atoms with van der Waals surface area (Å²) in [7, 11) is 0. The standard InChI is InChI=1S/C35H23NOS/c1-22-9-2-6-14-29(22)36(30-15-8-13-27-26-12-5-7-16-31(26)37-35(27)30)24-18-19-28-33(21-24)38-32-20-17-23-10-3-4-11-25(23)34(28)32/h2-21H,1H3. The molecule has 0 unspecified atom stereocenters. The van der Waals surface area contributed by atoms with Gasteiger partial charge in [-0.2, -0.15) is 0 Å². The van der Waals surface area contributed by atoms with Crippen LogP contribution >= 0.6 is 11.3 Å². The summed E-state index contributed by atoms with van der Waals surface area (Å²) in [6.07, 6.45) is 0. The molecule has 0 saturated carbocycles. The quantitative estimate of drug-likeness (QED) is 0.237. The summed E-state index contributed by atoms with van der Waals surface area (Å²) in [5.74, 6) is 0. The van der Waals surface area contributed by atoms with Crippen LogP contribution in [0.2, 0.25) is 0 Å². The fraction of sp³-hybridized carbons (Fsp3) is 0.0286. The number of furan rings is 1. The van der Waals surface area contributed by atoms with Crippen LogP contribution in [0.4, 0.5) is 17.1 Å². The molecule has 0 saturated heterocycles. The van der Waals surface area contributed by atoms with Crippen molar-refractivity contribution >= 4 is 81.3 Å². The summed E-state index contributed by atoms with van der Waals surface area (Å²) >= 11 is 1.86. The Hall–Kier alpha value is -4.60. The molecule has 0 radical (unpaired) electrons. The van der Waals surface area contributed by atoms with Gasteiger partial charge in [-0.3, -0.25) is 0 Å². The molecular formula is C35H23NOS. The molecule has 0 fully saturated rings. The van der Waals surface area contributed by atoms with E-state index in [9.17, 15) is 0 Å². The minimum atomic E-state index is 0.902. The van der Waals surface area contributed by atoms with Gasteiger partial charge in [-0.25, -0.2) is 0 Å². The lowest BCUT2D eigenvalue weighted by Crippen LogP contribution is -2.11. The maximum Gasteiger partial charge on any atom is 0.159 e. The number of fused-ring (bicyclic) bond motifs is 8. The van der Waals surface area contributed by atoms with Gasteiger partial charge in [0.2, 0.25) is 0 Å². The van der Waals surface area contributed by atoms with E-state index in [1.165, 1.54) is 36.5 Å². The first-order chi connectivity index (χ1) is 18.8. The molecule has 0 bridgehead atoms. The van der Waals surface area contributed by atoms with E-state index in [2.05, 4.69) is 121 Å². The van der Waals surface area contributed by atoms with E-state index < -0.39 is 0 Å². The maximum atomic E-state index is 6.49. The highest BCUT2D eigenvalue weighted by Gasteiger charge is 2.21. The van der Waals surface area contributed by atoms with Gasteiger partial charge in [-0.1, -0.05) is 84.9 Å². The molecule has 0 aliphatic carbocycles. The number of anilines is 3. The van der Waals surface area contributed by atoms with Crippen molar-refractivity contribution in [2.24, 2.45) is 0 Å². The van der Waals surface area contributed by atoms with Crippen LogP contribution in [0.1, 0.15) is 5.56 Å². The minimum absolute atomic E-state index is 0.902. The third kappa shape index (κ3) is 3.12. The molecule has 8 aromatic rings. The first-order valence-electron chi connectivity index (χ1n) is 12.9. The van der Waals surface area contributed by atoms with Crippen molar-refractivity contribution < 1.29 is 4.42 Å². The van der Waals surface area contributed by atoms with E-state index in [1.807, 2.05) is 23.5 Å². The zero-order valence-electron chi connectivity index (χ0n) is 20.8. The van der Waals surface area contributed by atoms with Gasteiger partial charge in [0.25, 0.3) is 0 Å². The summed E-state index contributed by atoms with van der Waals surface area (Å²) in [5, 5.41) is 7.51. The summed E-state index contributed by atoms with van der Waals surface area (Å²) in [6, 6.07) is 43.4. The first-order valence-corrected chi connectivity index (χ1v) is 13.7. The Labute approximate surface area is 224 Å². The number of benzene rings is 6. The van der Waals surface area contributed by atoms with Gasteiger partial charge in [0.15, 0.2) is 5.58 Å². The lowest BCUT2D eigenvalue weighted by Gasteiger charge is -2.27. The second-order valence-corrected chi connectivity index (χ2v) is 10.9. The van der Waals surface area contributed by atoms with Crippen molar-refractivity contribution in [3.05, 3.63) is 127 Å². The van der Waals surface area contributed by atoms with Crippen molar-refractivity contribution in [3.63, 3.8) is 0 Å². The molecule has 0 aliphatic heterocycles. The molecule has 8 rings (SSSR count). The van der Waals surface area contributed by atoms with Crippen LogP contribution in [-0.2, 0) is 0 Å². The second-order valence-electron chi connectivity index (χ2n) is 9.82. The van der Waals surface area contributed by atoms with Gasteiger partial charge < -0.3 is 9.32 Å². The fourth-order valence-corrected chi connectivity index (χ4v) is 6.96. The Morgan fingerprint density at radius 3 is 2.26 bits per heavy atom. The maximum absolute atomic E-state index is 6.49. The van der Waals surface area contributed by atoms with Gasteiger partial charge in [-0.15, -0.1) is 11.3 Å². The lowest BCUT2D eigenvalue weighted by molar-refractivity contribution is 0.669. The van der Waals surface area contributed by atoms with E-state index in [-0.39, 0.29) is 0 Å². The SMILES string of the molecule is Cc1ccccc1N(c1ccc2c(c1)sc1ccc3ccccc3c12)c1cccc2c1oc1ccccc12. The van der Waals surface area contributed by atoms with Crippen LogP contribution < -0.4 is 4.90 Å². The largest absolute Gasteiger partial charge is 0.454 e. The van der Waals surface area contributed by atoms with Crippen LogP contribution in [0, 0.1) is 6.92 Å². The van der Waals surface area contributed by atoms with Gasteiger partial charge in [0, 0.05) is 42.3 Å². The van der Waals surface area contributed by atoms with E-state index in [1.54, 1.807) is 0 Å². The van der Waals surface area contributed by atoms with Gasteiger partial charge in [0.1, 0.15) is 5.58 Å². The van der Waals surface area contributed by atoms with Crippen LogP contribution in [0.5, 0.6) is 0 Å². The zero-order valence-corrected chi connectivity index (χ0v) is 21.6. The number of rotatable bonds is 3. The average molecular weight is 506 g/mol. The molecule has 0 spiro atoms. The second kappa shape index (κ2) is 8.20. The Morgan fingerprint density at radius 2 is 1.34 bits per heavy atom. The predicted octanol–water partition coefficient (Wildman–Crippen LogP) is 10.9. The number of thiophene rings is 1. The normalized spacial score (nSPS) is 11.8. The Bertz CT molecular complexity index is 2170. The Kier molecular flexibility index (Phi) is 4.64. The molecule has 38 heavy (non-hydrogen) atoms. The third-order valence-electron chi connectivity index (χ3n) is 7.58. The van der Waals surface area contributed by atoms with Crippen molar-refractivity contribution in [2.45, 2.75) is 6.92 Å². The molecule has 0 amide bonds. The zero-order chi connectivity index (χ0) is 25.2. The van der Waals surface area contributed by atoms with Crippen molar-refractivity contribution in [3.8, 4) is 0 Å². The molecule has 0 atom stereocenters. The number of hydrogen-bond donors (Lipinski definition) is 0. The molecule has 2 heterocycles. The van der Waals surface area contributed by atoms with Crippen LogP contribution in [0.3, 0.4) is 0 Å². The average Bonchev–Trinajstić information content (AvgIpc) is 3.53. The minimum Gasteiger partial charge on any atom is -0.454 e. The van der Waals surface area contributed by atoms with Crippen LogP contribution in [0.25, 0.3) is 52.9 Å². The predicted molar refractivity (Wildman–Crippen MR) is 164 cm³/mol. The van der Waals surface area contributed by atoms with E-state index in [4.69, 9.17) is 4.42 Å². The number of aryl methyl sites for hydroxylation is 1. The molecule has 0 aliphatic rings. The molecule has 3 heteroatoms. The first kappa shape index (κ1) is 21.5. The van der Waals surface area contributed by atoms with Crippen LogP contribution in [0.15, 0.2) is 126 Å². The van der Waals surface area contributed by atoms with Crippen LogP contribution in [-0.4, -0.2) is 0 Å². The third-order valence-corrected chi connectivity index (χ3v) is 8.70. The van der Waals surface area contributed by atoms with Gasteiger partial charge in [-0.05, 0) is 59.7 Å². The number of nitrogens with zero attached hydrogens (tertiary/aromatic N) is 1. The van der Waals surface area contributed by atoms with Crippen molar-refractivity contribution in [1.29, 1.82) is 0 Å². The van der Waals surface area contributed by atoms with E-state index in [0.29, 0.717) is 0 Å². The molecule has 2 nitrogen and oxygen atoms in total. The number of para-hydroxylation sites is 3. The van der Waals surface area contributed by atoms with Gasteiger partial charge in [0.05, 0.1) is 5.69 Å². The molecule has 180 valence electrons. The van der Waals surface area contributed by atoms with Crippen molar-refractivity contribution in [1.82, 2.24) is 0 Å². The van der Waals surface area contributed by atoms with E-state index >= 15 is 0 Å².